The van der Waals surface area contributed by atoms with Gasteiger partial charge >= 0.3 is 0 Å². The van der Waals surface area contributed by atoms with Gasteiger partial charge in [0.15, 0.2) is 23.0 Å². The second-order valence-electron chi connectivity index (χ2n) is 5.78. The van der Waals surface area contributed by atoms with Gasteiger partial charge < -0.3 is 24.4 Å². The Morgan fingerprint density at radius 3 is 2.04 bits per heavy atom. The molecule has 0 unspecified atom stereocenters. The molecule has 0 saturated carbocycles. The summed E-state index contributed by atoms with van der Waals surface area (Å²) in [6, 6.07) is 4.92. The molecule has 2 rings (SSSR count). The van der Waals surface area contributed by atoms with E-state index in [1.807, 2.05) is 0 Å². The topological polar surface area (TPSA) is 68.2 Å². The summed E-state index contributed by atoms with van der Waals surface area (Å²) in [5.41, 5.74) is 0. The third kappa shape index (κ3) is 3.45. The second-order valence-corrected chi connectivity index (χ2v) is 5.78. The molecule has 2 aromatic carbocycles. The van der Waals surface area contributed by atoms with E-state index < -0.39 is 0 Å². The van der Waals surface area contributed by atoms with Gasteiger partial charge in [0.2, 0.25) is 0 Å². The fraction of sp³-hybridized carbons (Fsp3) is 0.474. The molecule has 0 aliphatic heterocycles. The first-order chi connectivity index (χ1) is 11.6. The minimum Gasteiger partial charge on any atom is -0.504 e. The zero-order valence-corrected chi connectivity index (χ0v) is 14.8. The minimum absolute atomic E-state index is 0.0275. The number of methoxy groups -OCH3 is 2. The van der Waals surface area contributed by atoms with Crippen LogP contribution in [0.3, 0.4) is 0 Å². The summed E-state index contributed by atoms with van der Waals surface area (Å²) >= 11 is 0. The highest BCUT2D eigenvalue weighted by Gasteiger charge is 2.21. The average molecular weight is 334 g/mol. The molecule has 0 bridgehead atoms. The van der Waals surface area contributed by atoms with Crippen molar-refractivity contribution in [2.45, 2.75) is 45.6 Å². The summed E-state index contributed by atoms with van der Waals surface area (Å²) in [6.07, 6.45) is 3.90. The van der Waals surface area contributed by atoms with Gasteiger partial charge in [-0.3, -0.25) is 0 Å². The first kappa shape index (κ1) is 18.0. The van der Waals surface area contributed by atoms with Crippen LogP contribution >= 0.6 is 0 Å². The van der Waals surface area contributed by atoms with Crippen molar-refractivity contribution >= 4 is 10.8 Å². The van der Waals surface area contributed by atoms with Crippen LogP contribution in [0.25, 0.3) is 10.8 Å². The summed E-state index contributed by atoms with van der Waals surface area (Å²) in [5.74, 6) is 1.06. The highest BCUT2D eigenvalue weighted by atomic mass is 16.5. The van der Waals surface area contributed by atoms with E-state index in [2.05, 4.69) is 13.8 Å². The van der Waals surface area contributed by atoms with Crippen LogP contribution in [-0.2, 0) is 0 Å². The standard InChI is InChI=1S/C19H26O5/c1-5-7-12(8-6-2)24-15-11-16(23-4)18(20)13-9-10-14(22-3)19(21)17(13)15/h9-12,20-21H,5-8H2,1-4H3. The second kappa shape index (κ2) is 7.99. The number of phenolic OH excluding ortho intramolecular Hbond substituents is 2. The number of phenols is 2. The summed E-state index contributed by atoms with van der Waals surface area (Å²) in [4.78, 5) is 0. The Hall–Kier alpha value is -2.30. The Bertz CT molecular complexity index is 690. The lowest BCUT2D eigenvalue weighted by atomic mass is 10.0. The van der Waals surface area contributed by atoms with Crippen molar-refractivity contribution in [1.29, 1.82) is 0 Å². The van der Waals surface area contributed by atoms with Crippen LogP contribution in [0.1, 0.15) is 39.5 Å². The largest absolute Gasteiger partial charge is 0.504 e. The molecule has 5 nitrogen and oxygen atoms in total. The monoisotopic (exact) mass is 334 g/mol. The number of hydrogen-bond donors (Lipinski definition) is 2. The Morgan fingerprint density at radius 2 is 1.50 bits per heavy atom. The molecule has 0 saturated heterocycles. The molecule has 0 amide bonds. The van der Waals surface area contributed by atoms with Crippen molar-refractivity contribution in [3.63, 3.8) is 0 Å². The van der Waals surface area contributed by atoms with E-state index in [0.29, 0.717) is 28.0 Å². The zero-order chi connectivity index (χ0) is 17.7. The molecular formula is C19H26O5. The molecule has 2 aromatic rings. The lowest BCUT2D eigenvalue weighted by Gasteiger charge is -2.21. The van der Waals surface area contributed by atoms with Gasteiger partial charge in [-0.05, 0) is 25.0 Å². The molecule has 0 radical (unpaired) electrons. The van der Waals surface area contributed by atoms with E-state index >= 15 is 0 Å². The Labute approximate surface area is 142 Å². The third-order valence-electron chi connectivity index (χ3n) is 4.09. The van der Waals surface area contributed by atoms with Crippen LogP contribution in [0, 0.1) is 0 Å². The van der Waals surface area contributed by atoms with Gasteiger partial charge in [0.1, 0.15) is 5.75 Å². The molecule has 2 N–H and O–H groups in total. The van der Waals surface area contributed by atoms with Crippen LogP contribution in [0.4, 0.5) is 0 Å². The van der Waals surface area contributed by atoms with Crippen molar-refractivity contribution < 1.29 is 24.4 Å². The van der Waals surface area contributed by atoms with Crippen LogP contribution < -0.4 is 14.2 Å². The molecule has 0 aromatic heterocycles. The predicted molar refractivity (Wildman–Crippen MR) is 94.6 cm³/mol. The quantitative estimate of drug-likeness (QED) is 0.737. The molecular weight excluding hydrogens is 308 g/mol. The first-order valence-electron chi connectivity index (χ1n) is 8.33. The number of ether oxygens (including phenoxy) is 3. The van der Waals surface area contributed by atoms with Crippen molar-refractivity contribution in [1.82, 2.24) is 0 Å². The SMILES string of the molecule is CCCC(CCC)Oc1cc(OC)c(O)c2ccc(OC)c(O)c12. The Morgan fingerprint density at radius 1 is 0.875 bits per heavy atom. The summed E-state index contributed by atoms with van der Waals surface area (Å²) < 4.78 is 16.6. The maximum Gasteiger partial charge on any atom is 0.169 e. The minimum atomic E-state index is -0.0466. The van der Waals surface area contributed by atoms with Gasteiger partial charge in [0.05, 0.1) is 25.7 Å². The van der Waals surface area contributed by atoms with E-state index in [1.165, 1.54) is 14.2 Å². The molecule has 0 fully saturated rings. The maximum atomic E-state index is 10.5. The Balaban J connectivity index is 2.63. The number of rotatable bonds is 8. The van der Waals surface area contributed by atoms with Crippen molar-refractivity contribution in [3.05, 3.63) is 18.2 Å². The van der Waals surface area contributed by atoms with Crippen molar-refractivity contribution in [2.24, 2.45) is 0 Å². The fourth-order valence-corrected chi connectivity index (χ4v) is 2.91. The first-order valence-corrected chi connectivity index (χ1v) is 8.33. The number of aromatic hydroxyl groups is 2. The van der Waals surface area contributed by atoms with Gasteiger partial charge in [-0.1, -0.05) is 26.7 Å². The molecule has 0 heterocycles. The summed E-state index contributed by atoms with van der Waals surface area (Å²) in [6.45, 7) is 4.23. The predicted octanol–water partition coefficient (Wildman–Crippen LogP) is 4.62. The normalized spacial score (nSPS) is 11.0. The van der Waals surface area contributed by atoms with Gasteiger partial charge in [-0.15, -0.1) is 0 Å². The average Bonchev–Trinajstić information content (AvgIpc) is 2.57. The molecule has 0 aliphatic rings. The number of fused-ring (bicyclic) bond motifs is 1. The fourth-order valence-electron chi connectivity index (χ4n) is 2.91. The summed E-state index contributed by atoms with van der Waals surface area (Å²) in [7, 11) is 2.98. The molecule has 0 spiro atoms. The van der Waals surface area contributed by atoms with Crippen LogP contribution in [0.5, 0.6) is 28.7 Å². The highest BCUT2D eigenvalue weighted by molar-refractivity contribution is 6.01. The molecule has 24 heavy (non-hydrogen) atoms. The van der Waals surface area contributed by atoms with E-state index in [1.54, 1.807) is 18.2 Å². The molecule has 5 heteroatoms. The van der Waals surface area contributed by atoms with Gasteiger partial charge in [-0.25, -0.2) is 0 Å². The molecule has 0 atom stereocenters. The van der Waals surface area contributed by atoms with Crippen LogP contribution in [-0.4, -0.2) is 30.5 Å². The van der Waals surface area contributed by atoms with Crippen molar-refractivity contribution in [3.8, 4) is 28.7 Å². The smallest absolute Gasteiger partial charge is 0.169 e. The lowest BCUT2D eigenvalue weighted by molar-refractivity contribution is 0.180. The lowest BCUT2D eigenvalue weighted by Crippen LogP contribution is -2.16. The van der Waals surface area contributed by atoms with Gasteiger partial charge in [-0.2, -0.15) is 0 Å². The van der Waals surface area contributed by atoms with E-state index in [0.717, 1.165) is 25.7 Å². The van der Waals surface area contributed by atoms with E-state index in [9.17, 15) is 10.2 Å². The number of hydrogen-bond acceptors (Lipinski definition) is 5. The van der Waals surface area contributed by atoms with Gasteiger partial charge in [0.25, 0.3) is 0 Å². The summed E-state index contributed by atoms with van der Waals surface area (Å²) in [5, 5.41) is 21.8. The highest BCUT2D eigenvalue weighted by Crippen LogP contribution is 2.47. The van der Waals surface area contributed by atoms with Gasteiger partial charge in [0, 0.05) is 11.5 Å². The number of benzene rings is 2. The molecule has 132 valence electrons. The maximum absolute atomic E-state index is 10.5. The zero-order valence-electron chi connectivity index (χ0n) is 14.8. The van der Waals surface area contributed by atoms with Crippen molar-refractivity contribution in [2.75, 3.05) is 14.2 Å². The van der Waals surface area contributed by atoms with E-state index in [-0.39, 0.29) is 17.6 Å². The third-order valence-corrected chi connectivity index (χ3v) is 4.09. The molecule has 0 aliphatic carbocycles. The van der Waals surface area contributed by atoms with Crippen LogP contribution in [0.15, 0.2) is 18.2 Å². The van der Waals surface area contributed by atoms with E-state index in [4.69, 9.17) is 14.2 Å². The van der Waals surface area contributed by atoms with Crippen LogP contribution in [0.2, 0.25) is 0 Å². The Kier molecular flexibility index (Phi) is 6.01.